The third-order valence-electron chi connectivity index (χ3n) is 3.55. The number of hydrogen-bond acceptors (Lipinski definition) is 3. The van der Waals surface area contributed by atoms with E-state index in [-0.39, 0.29) is 12.1 Å². The number of nitrogens with zero attached hydrogens (tertiary/aromatic N) is 2. The zero-order valence-electron chi connectivity index (χ0n) is 10.7. The Balaban J connectivity index is 2.17. The van der Waals surface area contributed by atoms with Gasteiger partial charge in [-0.05, 0) is 24.5 Å². The number of rotatable bonds is 3. The number of nitriles is 1. The maximum atomic E-state index is 11.2. The molecule has 0 aromatic heterocycles. The topological polar surface area (TPSA) is 73.6 Å². The Labute approximate surface area is 112 Å². The molecule has 2 atom stereocenters. The van der Waals surface area contributed by atoms with Gasteiger partial charge in [-0.25, -0.2) is 4.79 Å². The van der Waals surface area contributed by atoms with Crippen LogP contribution in [0.1, 0.15) is 17.5 Å². The van der Waals surface area contributed by atoms with Gasteiger partial charge in [-0.3, -0.25) is 0 Å². The normalized spacial score (nSPS) is 22.2. The standard InChI is InChI=1S/C14H16N2O3/c1-19-13-7-12(16(9-13)14(17)18)6-10-4-2-3-5-11(10)8-15/h2-5,12-13H,6-7,9H2,1H3,(H,17,18)/t12-,13+/m0/s1. The van der Waals surface area contributed by atoms with Crippen LogP contribution in [0.4, 0.5) is 4.79 Å². The lowest BCUT2D eigenvalue weighted by atomic mass is 9.99. The fourth-order valence-electron chi connectivity index (χ4n) is 2.53. The lowest BCUT2D eigenvalue weighted by Crippen LogP contribution is -2.36. The molecule has 1 aromatic carbocycles. The molecule has 2 rings (SSSR count). The second-order valence-corrected chi connectivity index (χ2v) is 4.66. The molecule has 1 fully saturated rings. The van der Waals surface area contributed by atoms with Crippen LogP contribution < -0.4 is 0 Å². The fourth-order valence-corrected chi connectivity index (χ4v) is 2.53. The number of methoxy groups -OCH3 is 1. The van der Waals surface area contributed by atoms with Gasteiger partial charge in [-0.2, -0.15) is 5.26 Å². The summed E-state index contributed by atoms with van der Waals surface area (Å²) in [6.07, 6.45) is 0.229. The molecule has 0 saturated carbocycles. The van der Waals surface area contributed by atoms with Crippen LogP contribution in [0.2, 0.25) is 0 Å². The summed E-state index contributed by atoms with van der Waals surface area (Å²) >= 11 is 0. The van der Waals surface area contributed by atoms with E-state index in [1.165, 1.54) is 4.90 Å². The quantitative estimate of drug-likeness (QED) is 0.900. The van der Waals surface area contributed by atoms with Crippen molar-refractivity contribution in [1.29, 1.82) is 5.26 Å². The fraction of sp³-hybridized carbons (Fsp3) is 0.429. The van der Waals surface area contributed by atoms with Gasteiger partial charge in [0.25, 0.3) is 0 Å². The number of carbonyl (C=O) groups is 1. The largest absolute Gasteiger partial charge is 0.465 e. The molecular formula is C14H16N2O3. The minimum absolute atomic E-state index is 0.0599. The number of hydrogen-bond donors (Lipinski definition) is 1. The van der Waals surface area contributed by atoms with E-state index in [2.05, 4.69) is 6.07 Å². The molecule has 1 amide bonds. The second-order valence-electron chi connectivity index (χ2n) is 4.66. The SMILES string of the molecule is CO[C@@H]1C[C@H](Cc2ccccc2C#N)N(C(=O)O)C1. The van der Waals surface area contributed by atoms with E-state index >= 15 is 0 Å². The molecule has 0 aliphatic carbocycles. The monoisotopic (exact) mass is 260 g/mol. The van der Waals surface area contributed by atoms with E-state index in [1.54, 1.807) is 13.2 Å². The van der Waals surface area contributed by atoms with E-state index in [9.17, 15) is 9.90 Å². The molecule has 1 heterocycles. The molecule has 0 spiro atoms. The first-order valence-corrected chi connectivity index (χ1v) is 6.16. The lowest BCUT2D eigenvalue weighted by Gasteiger charge is -2.21. The molecule has 1 aliphatic rings. The van der Waals surface area contributed by atoms with Crippen LogP contribution in [0.15, 0.2) is 24.3 Å². The Kier molecular flexibility index (Phi) is 4.03. The van der Waals surface area contributed by atoms with Crippen molar-refractivity contribution in [3.05, 3.63) is 35.4 Å². The average molecular weight is 260 g/mol. The predicted octanol–water partition coefficient (Wildman–Crippen LogP) is 1.87. The van der Waals surface area contributed by atoms with E-state index < -0.39 is 6.09 Å². The van der Waals surface area contributed by atoms with Crippen molar-refractivity contribution >= 4 is 6.09 Å². The first-order valence-electron chi connectivity index (χ1n) is 6.16. The van der Waals surface area contributed by atoms with Gasteiger partial charge in [0.1, 0.15) is 0 Å². The van der Waals surface area contributed by atoms with Crippen LogP contribution in [0.3, 0.4) is 0 Å². The molecule has 100 valence electrons. The van der Waals surface area contributed by atoms with Crippen molar-refractivity contribution < 1.29 is 14.6 Å². The summed E-state index contributed by atoms with van der Waals surface area (Å²) in [6.45, 7) is 0.394. The van der Waals surface area contributed by atoms with Gasteiger partial charge in [0.2, 0.25) is 0 Å². The highest BCUT2D eigenvalue weighted by Crippen LogP contribution is 2.24. The molecule has 1 aliphatic heterocycles. The predicted molar refractivity (Wildman–Crippen MR) is 68.8 cm³/mol. The molecule has 0 radical (unpaired) electrons. The Morgan fingerprint density at radius 1 is 1.58 bits per heavy atom. The lowest BCUT2D eigenvalue weighted by molar-refractivity contribution is 0.102. The number of ether oxygens (including phenoxy) is 1. The summed E-state index contributed by atoms with van der Waals surface area (Å²) < 4.78 is 5.25. The summed E-state index contributed by atoms with van der Waals surface area (Å²) in [5.41, 5.74) is 1.49. The summed E-state index contributed by atoms with van der Waals surface area (Å²) in [7, 11) is 1.59. The van der Waals surface area contributed by atoms with Gasteiger partial charge in [0.05, 0.1) is 24.3 Å². The maximum Gasteiger partial charge on any atom is 0.407 e. The van der Waals surface area contributed by atoms with Crippen molar-refractivity contribution in [3.63, 3.8) is 0 Å². The molecule has 19 heavy (non-hydrogen) atoms. The van der Waals surface area contributed by atoms with Crippen molar-refractivity contribution in [2.24, 2.45) is 0 Å². The molecule has 0 bridgehead atoms. The first kappa shape index (κ1) is 13.4. The number of likely N-dealkylation sites (tertiary alicyclic amines) is 1. The molecule has 5 heteroatoms. The van der Waals surface area contributed by atoms with E-state index in [0.717, 1.165) is 5.56 Å². The molecule has 1 saturated heterocycles. The molecule has 0 unspecified atom stereocenters. The molecule has 5 nitrogen and oxygen atoms in total. The Hall–Kier alpha value is -2.06. The average Bonchev–Trinajstić information content (AvgIpc) is 2.82. The minimum Gasteiger partial charge on any atom is -0.465 e. The molecular weight excluding hydrogens is 244 g/mol. The Bertz CT molecular complexity index is 510. The third-order valence-corrected chi connectivity index (χ3v) is 3.55. The number of carboxylic acid groups (broad SMARTS) is 1. The van der Waals surface area contributed by atoms with Crippen LogP contribution in [0.25, 0.3) is 0 Å². The van der Waals surface area contributed by atoms with Gasteiger partial charge in [0, 0.05) is 13.2 Å². The third kappa shape index (κ3) is 2.85. The van der Waals surface area contributed by atoms with Gasteiger partial charge in [0.15, 0.2) is 0 Å². The summed E-state index contributed by atoms with van der Waals surface area (Å²) in [4.78, 5) is 12.6. The van der Waals surface area contributed by atoms with Crippen LogP contribution in [-0.4, -0.2) is 41.9 Å². The van der Waals surface area contributed by atoms with E-state index in [1.807, 2.05) is 18.2 Å². The van der Waals surface area contributed by atoms with Crippen LogP contribution in [0.5, 0.6) is 0 Å². The molecule has 1 N–H and O–H groups in total. The zero-order chi connectivity index (χ0) is 13.8. The Morgan fingerprint density at radius 2 is 2.32 bits per heavy atom. The van der Waals surface area contributed by atoms with E-state index in [4.69, 9.17) is 10.00 Å². The van der Waals surface area contributed by atoms with Gasteiger partial charge in [-0.15, -0.1) is 0 Å². The van der Waals surface area contributed by atoms with Crippen LogP contribution in [0, 0.1) is 11.3 Å². The van der Waals surface area contributed by atoms with Gasteiger partial charge < -0.3 is 14.7 Å². The number of amides is 1. The van der Waals surface area contributed by atoms with Crippen LogP contribution >= 0.6 is 0 Å². The first-order chi connectivity index (χ1) is 9.15. The van der Waals surface area contributed by atoms with Gasteiger partial charge in [-0.1, -0.05) is 18.2 Å². The van der Waals surface area contributed by atoms with Gasteiger partial charge >= 0.3 is 6.09 Å². The van der Waals surface area contributed by atoms with Crippen molar-refractivity contribution in [2.75, 3.05) is 13.7 Å². The summed E-state index contributed by atoms with van der Waals surface area (Å²) in [5.74, 6) is 0. The maximum absolute atomic E-state index is 11.2. The summed E-state index contributed by atoms with van der Waals surface area (Å²) in [6, 6.07) is 9.31. The summed E-state index contributed by atoms with van der Waals surface area (Å²) in [5, 5.41) is 18.3. The van der Waals surface area contributed by atoms with Crippen molar-refractivity contribution in [3.8, 4) is 6.07 Å². The molecule has 1 aromatic rings. The highest BCUT2D eigenvalue weighted by atomic mass is 16.5. The minimum atomic E-state index is -0.931. The highest BCUT2D eigenvalue weighted by molar-refractivity contribution is 5.66. The highest BCUT2D eigenvalue weighted by Gasteiger charge is 2.35. The Morgan fingerprint density at radius 3 is 2.95 bits per heavy atom. The smallest absolute Gasteiger partial charge is 0.407 e. The van der Waals surface area contributed by atoms with E-state index in [0.29, 0.717) is 24.9 Å². The zero-order valence-corrected chi connectivity index (χ0v) is 10.7. The van der Waals surface area contributed by atoms with Crippen LogP contribution in [-0.2, 0) is 11.2 Å². The van der Waals surface area contributed by atoms with Crippen molar-refractivity contribution in [2.45, 2.75) is 25.0 Å². The second kappa shape index (κ2) is 5.72. The number of benzene rings is 1. The van der Waals surface area contributed by atoms with Crippen molar-refractivity contribution in [1.82, 2.24) is 4.90 Å².